The highest BCUT2D eigenvalue weighted by Crippen LogP contribution is 2.47. The molecule has 2 atom stereocenters. The molecule has 3 aromatic carbocycles. The number of nitrogens with one attached hydrogen (secondary N) is 2. The second-order valence-electron chi connectivity index (χ2n) is 17.1. The average Bonchev–Trinajstić information content (AvgIpc) is 3.96. The van der Waals surface area contributed by atoms with E-state index in [4.69, 9.17) is 15.2 Å². The van der Waals surface area contributed by atoms with Crippen molar-refractivity contribution in [3.63, 3.8) is 0 Å². The van der Waals surface area contributed by atoms with Crippen LogP contribution in [0.2, 0.25) is 0 Å². The highest BCUT2D eigenvalue weighted by atomic mass is 16.5. The summed E-state index contributed by atoms with van der Waals surface area (Å²) in [6, 6.07) is 22.2. The molecule has 3 aliphatic heterocycles. The van der Waals surface area contributed by atoms with Crippen LogP contribution >= 0.6 is 0 Å². The minimum absolute atomic E-state index is 0.169. The maximum Gasteiger partial charge on any atom is 0.315 e. The van der Waals surface area contributed by atoms with Gasteiger partial charge in [-0.15, -0.1) is 0 Å². The minimum Gasteiger partial charge on any atom is -0.371 e. The number of benzene rings is 3. The Morgan fingerprint density at radius 2 is 1.74 bits per heavy atom. The predicted octanol–water partition coefficient (Wildman–Crippen LogP) is 6.48. The summed E-state index contributed by atoms with van der Waals surface area (Å²) in [6.07, 6.45) is 8.69. The molecule has 3 saturated heterocycles. The summed E-state index contributed by atoms with van der Waals surface area (Å²) in [4.78, 5) is 57.9. The van der Waals surface area contributed by atoms with E-state index in [1.165, 1.54) is 56.4 Å². The Kier molecular flexibility index (Phi) is 8.88. The fourth-order valence-corrected chi connectivity index (χ4v) is 10.2. The summed E-state index contributed by atoms with van der Waals surface area (Å²) in [5.74, 6) is -0.710. The molecule has 1 aliphatic carbocycles. The number of imide groups is 1. The van der Waals surface area contributed by atoms with Gasteiger partial charge in [0.1, 0.15) is 12.0 Å². The van der Waals surface area contributed by atoms with Crippen LogP contribution in [0, 0.1) is 12.3 Å². The molecule has 10 rings (SSSR count). The molecular formula is C45H47N9O4. The topological polar surface area (TPSA) is 176 Å². The highest BCUT2D eigenvalue weighted by molar-refractivity contribution is 6.12. The number of rotatable bonds is 8. The second-order valence-corrected chi connectivity index (χ2v) is 17.1. The van der Waals surface area contributed by atoms with Crippen LogP contribution in [0.15, 0.2) is 71.5 Å². The predicted molar refractivity (Wildman–Crippen MR) is 219 cm³/mol. The Morgan fingerprint density at radius 3 is 2.48 bits per heavy atom. The summed E-state index contributed by atoms with van der Waals surface area (Å²) < 4.78 is 5.03. The van der Waals surface area contributed by atoms with Gasteiger partial charge in [-0.25, -0.2) is 9.97 Å². The molecule has 4 N–H and O–H groups in total. The van der Waals surface area contributed by atoms with E-state index >= 15 is 0 Å². The van der Waals surface area contributed by atoms with E-state index in [2.05, 4.69) is 103 Å². The SMILES string of the molecule is Cc1cc(-c2ncnc3[nH]c4cc(N5CCC6(CC5)CCN(C5CC(c7ccc([C@H]8CCC(=O)NC8=O)cc7)C5)C6)ccc4c23)ccc1[C@@H](C)c1noc(C(N)=O)n1. The van der Waals surface area contributed by atoms with Gasteiger partial charge < -0.3 is 20.1 Å². The summed E-state index contributed by atoms with van der Waals surface area (Å²) in [7, 11) is 0. The van der Waals surface area contributed by atoms with Crippen LogP contribution in [-0.4, -0.2) is 79.9 Å². The number of amides is 3. The van der Waals surface area contributed by atoms with Crippen LogP contribution in [0.1, 0.15) is 108 Å². The maximum atomic E-state index is 12.3. The first kappa shape index (κ1) is 36.4. The fourth-order valence-electron chi connectivity index (χ4n) is 10.2. The van der Waals surface area contributed by atoms with E-state index in [9.17, 15) is 14.4 Å². The molecule has 6 aromatic rings. The molecule has 13 nitrogen and oxygen atoms in total. The molecule has 4 aliphatic rings. The molecule has 0 unspecified atom stereocenters. The Morgan fingerprint density at radius 1 is 0.966 bits per heavy atom. The lowest BCUT2D eigenvalue weighted by Gasteiger charge is -2.44. The van der Waals surface area contributed by atoms with Crippen molar-refractivity contribution in [3.05, 3.63) is 101 Å². The number of hydrogen-bond donors (Lipinski definition) is 3. The number of hydrogen-bond acceptors (Lipinski definition) is 10. The van der Waals surface area contributed by atoms with Crippen molar-refractivity contribution in [3.8, 4) is 11.3 Å². The Balaban J connectivity index is 0.777. The number of likely N-dealkylation sites (tertiary alicyclic amines) is 1. The number of aromatic nitrogens is 5. The number of nitrogens with zero attached hydrogens (tertiary/aromatic N) is 6. The Labute approximate surface area is 335 Å². The number of carbonyl (C=O) groups excluding carboxylic acids is 3. The third-order valence-electron chi connectivity index (χ3n) is 13.8. The van der Waals surface area contributed by atoms with Crippen molar-refractivity contribution in [1.29, 1.82) is 0 Å². The number of aromatic amines is 1. The van der Waals surface area contributed by atoms with Crippen LogP contribution in [0.4, 0.5) is 5.69 Å². The Hall–Kier alpha value is -5.95. The molecule has 1 spiro atoms. The van der Waals surface area contributed by atoms with Gasteiger partial charge in [0.25, 0.3) is 0 Å². The largest absolute Gasteiger partial charge is 0.371 e. The molecule has 6 heterocycles. The molecule has 4 fully saturated rings. The van der Waals surface area contributed by atoms with Crippen LogP contribution in [0.3, 0.4) is 0 Å². The van der Waals surface area contributed by atoms with Crippen molar-refractivity contribution >= 4 is 45.3 Å². The van der Waals surface area contributed by atoms with Gasteiger partial charge >= 0.3 is 11.8 Å². The zero-order valence-corrected chi connectivity index (χ0v) is 32.8. The van der Waals surface area contributed by atoms with E-state index in [0.29, 0.717) is 36.0 Å². The quantitative estimate of drug-likeness (QED) is 0.145. The third kappa shape index (κ3) is 6.41. The standard InChI is InChI=1S/C45H47N9O4/c1-25-19-29(7-9-33(25)26(2)41-51-44(40(46)56)58-52-41)39-38-35-10-8-31(22-36(35)49-42(38)48-24-47-39)53-16-13-45(14-17-53)15-18-54(23-45)32-20-30(21-32)27-3-5-28(6-4-27)34-11-12-37(55)50-43(34)57/h3-10,19,22,24,26,30,32,34H,11-18,20-21,23H2,1-2H3,(H2,46,56)(H,47,48,49)(H,50,55,57)/t26-,30?,32?,34-/m1/s1. The number of piperidine rings is 2. The minimum atomic E-state index is -0.743. The van der Waals surface area contributed by atoms with Crippen LogP contribution in [0.25, 0.3) is 33.2 Å². The average molecular weight is 778 g/mol. The molecule has 1 saturated carbocycles. The van der Waals surface area contributed by atoms with Gasteiger partial charge in [-0.2, -0.15) is 4.98 Å². The third-order valence-corrected chi connectivity index (χ3v) is 13.8. The van der Waals surface area contributed by atoms with Crippen molar-refractivity contribution in [2.45, 2.75) is 82.6 Å². The normalized spacial score (nSPS) is 22.7. The van der Waals surface area contributed by atoms with Gasteiger partial charge in [0.05, 0.1) is 17.0 Å². The molecule has 0 bridgehead atoms. The van der Waals surface area contributed by atoms with Gasteiger partial charge in [-0.05, 0) is 104 Å². The van der Waals surface area contributed by atoms with E-state index in [1.54, 1.807) is 6.33 Å². The maximum absolute atomic E-state index is 12.3. The number of primary amides is 1. The van der Waals surface area contributed by atoms with Crippen molar-refractivity contribution in [2.75, 3.05) is 31.1 Å². The fraction of sp³-hybridized carbons (Fsp3) is 0.400. The lowest BCUT2D eigenvalue weighted by Crippen LogP contribution is -2.46. The van der Waals surface area contributed by atoms with Crippen molar-refractivity contribution < 1.29 is 18.9 Å². The summed E-state index contributed by atoms with van der Waals surface area (Å²) >= 11 is 0. The smallest absolute Gasteiger partial charge is 0.315 e. The lowest BCUT2D eigenvalue weighted by molar-refractivity contribution is -0.134. The van der Waals surface area contributed by atoms with E-state index in [1.807, 2.05) is 6.92 Å². The first-order valence-electron chi connectivity index (χ1n) is 20.5. The number of fused-ring (bicyclic) bond motifs is 3. The molecule has 0 radical (unpaired) electrons. The second kappa shape index (κ2) is 14.2. The van der Waals surface area contributed by atoms with Crippen LogP contribution < -0.4 is 16.0 Å². The summed E-state index contributed by atoms with van der Waals surface area (Å²) in [5, 5.41) is 8.55. The molecular weight excluding hydrogens is 731 g/mol. The number of carbonyl (C=O) groups is 3. The molecule has 3 amide bonds. The van der Waals surface area contributed by atoms with Crippen LogP contribution in [0.5, 0.6) is 0 Å². The van der Waals surface area contributed by atoms with Gasteiger partial charge in [0.2, 0.25) is 11.8 Å². The Bertz CT molecular complexity index is 2580. The van der Waals surface area contributed by atoms with Crippen molar-refractivity contribution in [2.24, 2.45) is 11.1 Å². The van der Waals surface area contributed by atoms with Gasteiger partial charge in [-0.1, -0.05) is 54.5 Å². The first-order chi connectivity index (χ1) is 28.1. The molecule has 3 aromatic heterocycles. The van der Waals surface area contributed by atoms with Crippen molar-refractivity contribution in [1.82, 2.24) is 35.3 Å². The van der Waals surface area contributed by atoms with Crippen LogP contribution in [-0.2, 0) is 9.59 Å². The number of nitrogens with two attached hydrogens (primary N) is 1. The highest BCUT2D eigenvalue weighted by Gasteiger charge is 2.45. The molecule has 58 heavy (non-hydrogen) atoms. The van der Waals surface area contributed by atoms with E-state index in [-0.39, 0.29) is 29.5 Å². The van der Waals surface area contributed by atoms with Gasteiger partial charge in [-0.3, -0.25) is 24.6 Å². The summed E-state index contributed by atoms with van der Waals surface area (Å²) in [6.45, 7) is 8.51. The van der Waals surface area contributed by atoms with Gasteiger partial charge in [0.15, 0.2) is 5.82 Å². The number of anilines is 1. The van der Waals surface area contributed by atoms with E-state index in [0.717, 1.165) is 63.0 Å². The van der Waals surface area contributed by atoms with Gasteiger partial charge in [0, 0.05) is 60.2 Å². The first-order valence-corrected chi connectivity index (χ1v) is 20.5. The number of aryl methyl sites for hydroxylation is 1. The summed E-state index contributed by atoms with van der Waals surface area (Å²) in [5.41, 5.74) is 15.1. The molecule has 296 valence electrons. The monoisotopic (exact) mass is 777 g/mol. The van der Waals surface area contributed by atoms with E-state index < -0.39 is 5.91 Å². The number of H-pyrrole nitrogens is 1. The zero-order valence-electron chi connectivity index (χ0n) is 32.8. The lowest BCUT2D eigenvalue weighted by atomic mass is 9.74. The molecule has 13 heteroatoms. The zero-order chi connectivity index (χ0) is 39.7.